The molecule has 82 valence electrons. The topological polar surface area (TPSA) is 49.8 Å². The average Bonchev–Trinajstić information content (AvgIpc) is 2.15. The van der Waals surface area contributed by atoms with Crippen LogP contribution in [0.5, 0.6) is 0 Å². The maximum Gasteiger partial charge on any atom is 0.335 e. The standard InChI is InChI=1S/C10H19NO3/c1-6-8(12)9(11(3)4)7(2)10(13)14-5/h8,12H,6H2,1-5H3. The first kappa shape index (κ1) is 13.0. The van der Waals surface area contributed by atoms with Crippen LogP contribution in [-0.2, 0) is 9.53 Å². The van der Waals surface area contributed by atoms with Gasteiger partial charge in [-0.25, -0.2) is 4.79 Å². The second kappa shape index (κ2) is 5.65. The van der Waals surface area contributed by atoms with Gasteiger partial charge in [0.1, 0.15) is 0 Å². The molecule has 0 saturated carbocycles. The molecule has 0 bridgehead atoms. The smallest absolute Gasteiger partial charge is 0.335 e. The van der Waals surface area contributed by atoms with E-state index in [1.807, 2.05) is 6.92 Å². The molecule has 0 aliphatic heterocycles. The van der Waals surface area contributed by atoms with Gasteiger partial charge >= 0.3 is 5.97 Å². The lowest BCUT2D eigenvalue weighted by molar-refractivity contribution is -0.136. The molecule has 0 aromatic rings. The quantitative estimate of drug-likeness (QED) is 0.539. The Bertz CT molecular complexity index is 234. The first-order valence-corrected chi connectivity index (χ1v) is 4.60. The van der Waals surface area contributed by atoms with Crippen molar-refractivity contribution in [3.05, 3.63) is 11.3 Å². The molecule has 1 atom stereocenters. The first-order chi connectivity index (χ1) is 6.45. The van der Waals surface area contributed by atoms with Crippen LogP contribution in [0.2, 0.25) is 0 Å². The van der Waals surface area contributed by atoms with Gasteiger partial charge in [-0.1, -0.05) is 6.92 Å². The molecule has 4 nitrogen and oxygen atoms in total. The minimum atomic E-state index is -0.621. The molecule has 1 unspecified atom stereocenters. The number of likely N-dealkylation sites (N-methyl/N-ethyl adjacent to an activating group) is 1. The van der Waals surface area contributed by atoms with Gasteiger partial charge in [-0.05, 0) is 13.3 Å². The number of aliphatic hydroxyl groups excluding tert-OH is 1. The minimum Gasteiger partial charge on any atom is -0.466 e. The van der Waals surface area contributed by atoms with Gasteiger partial charge < -0.3 is 14.7 Å². The van der Waals surface area contributed by atoms with Crippen LogP contribution in [-0.4, -0.2) is 43.3 Å². The highest BCUT2D eigenvalue weighted by Gasteiger charge is 2.18. The van der Waals surface area contributed by atoms with Gasteiger partial charge in [-0.3, -0.25) is 0 Å². The molecule has 0 spiro atoms. The fourth-order valence-electron chi connectivity index (χ4n) is 1.33. The van der Waals surface area contributed by atoms with Gasteiger partial charge in [-0.2, -0.15) is 0 Å². The number of hydrogen-bond donors (Lipinski definition) is 1. The minimum absolute atomic E-state index is 0.402. The maximum absolute atomic E-state index is 11.3. The third-order valence-electron chi connectivity index (χ3n) is 2.06. The maximum atomic E-state index is 11.3. The Kier molecular flexibility index (Phi) is 5.23. The van der Waals surface area contributed by atoms with E-state index in [4.69, 9.17) is 0 Å². The SMILES string of the molecule is CCC(O)C(=C(C)C(=O)OC)N(C)C. The number of aliphatic hydroxyl groups is 1. The first-order valence-electron chi connectivity index (χ1n) is 4.60. The fourth-order valence-corrected chi connectivity index (χ4v) is 1.33. The summed E-state index contributed by atoms with van der Waals surface area (Å²) in [4.78, 5) is 13.0. The Morgan fingerprint density at radius 1 is 1.50 bits per heavy atom. The van der Waals surface area contributed by atoms with Gasteiger partial charge in [0.15, 0.2) is 0 Å². The van der Waals surface area contributed by atoms with Crippen molar-refractivity contribution in [3.8, 4) is 0 Å². The van der Waals surface area contributed by atoms with E-state index in [-0.39, 0.29) is 0 Å². The summed E-state index contributed by atoms with van der Waals surface area (Å²) in [5.41, 5.74) is 1.06. The highest BCUT2D eigenvalue weighted by molar-refractivity contribution is 5.88. The zero-order valence-electron chi connectivity index (χ0n) is 9.50. The van der Waals surface area contributed by atoms with Crippen molar-refractivity contribution in [1.82, 2.24) is 4.90 Å². The number of hydrogen-bond acceptors (Lipinski definition) is 4. The molecule has 14 heavy (non-hydrogen) atoms. The molecule has 1 N–H and O–H groups in total. The molecule has 0 aliphatic rings. The number of carbonyl (C=O) groups is 1. The third kappa shape index (κ3) is 3.03. The van der Waals surface area contributed by atoms with Crippen molar-refractivity contribution in [2.45, 2.75) is 26.4 Å². The van der Waals surface area contributed by atoms with Crippen LogP contribution in [0.3, 0.4) is 0 Å². The zero-order valence-corrected chi connectivity index (χ0v) is 9.50. The molecule has 0 aliphatic carbocycles. The predicted octanol–water partition coefficient (Wildman–Crippen LogP) is 0.766. The summed E-state index contributed by atoms with van der Waals surface area (Å²) in [6, 6.07) is 0. The van der Waals surface area contributed by atoms with E-state index in [1.54, 1.807) is 25.9 Å². The Morgan fingerprint density at radius 2 is 2.00 bits per heavy atom. The molecule has 0 rings (SSSR count). The lowest BCUT2D eigenvalue weighted by Crippen LogP contribution is -2.26. The number of ether oxygens (including phenoxy) is 1. The molecular formula is C10H19NO3. The largest absolute Gasteiger partial charge is 0.466 e. The van der Waals surface area contributed by atoms with Gasteiger partial charge in [0, 0.05) is 14.1 Å². The molecule has 0 heterocycles. The van der Waals surface area contributed by atoms with E-state index in [2.05, 4.69) is 4.74 Å². The van der Waals surface area contributed by atoms with Crippen molar-refractivity contribution < 1.29 is 14.6 Å². The van der Waals surface area contributed by atoms with Crippen LogP contribution in [0.25, 0.3) is 0 Å². The summed E-state index contributed by atoms with van der Waals surface area (Å²) in [6.45, 7) is 3.51. The van der Waals surface area contributed by atoms with E-state index in [0.29, 0.717) is 17.7 Å². The average molecular weight is 201 g/mol. The van der Waals surface area contributed by atoms with Crippen molar-refractivity contribution in [2.75, 3.05) is 21.2 Å². The second-order valence-electron chi connectivity index (χ2n) is 3.32. The van der Waals surface area contributed by atoms with E-state index in [1.165, 1.54) is 7.11 Å². The van der Waals surface area contributed by atoms with Crippen molar-refractivity contribution >= 4 is 5.97 Å². The van der Waals surface area contributed by atoms with Crippen LogP contribution >= 0.6 is 0 Å². The summed E-state index contributed by atoms with van der Waals surface area (Å²) >= 11 is 0. The number of esters is 1. The monoisotopic (exact) mass is 201 g/mol. The lowest BCUT2D eigenvalue weighted by Gasteiger charge is -2.23. The van der Waals surface area contributed by atoms with Crippen LogP contribution in [0.4, 0.5) is 0 Å². The molecule has 0 fully saturated rings. The normalized spacial score (nSPS) is 14.4. The highest BCUT2D eigenvalue weighted by Crippen LogP contribution is 2.15. The molecule has 4 heteroatoms. The van der Waals surface area contributed by atoms with Gasteiger partial charge in [0.05, 0.1) is 24.5 Å². The van der Waals surface area contributed by atoms with Gasteiger partial charge in [0.2, 0.25) is 0 Å². The summed E-state index contributed by atoms with van der Waals surface area (Å²) in [7, 11) is 4.92. The highest BCUT2D eigenvalue weighted by atomic mass is 16.5. The molecule has 0 aromatic carbocycles. The second-order valence-corrected chi connectivity index (χ2v) is 3.32. The Morgan fingerprint density at radius 3 is 2.29 bits per heavy atom. The van der Waals surface area contributed by atoms with Crippen LogP contribution in [0.1, 0.15) is 20.3 Å². The molecule has 0 amide bonds. The van der Waals surface area contributed by atoms with Crippen LogP contribution < -0.4 is 0 Å². The Hall–Kier alpha value is -1.03. The summed E-state index contributed by atoms with van der Waals surface area (Å²) < 4.78 is 4.60. The molecule has 0 radical (unpaired) electrons. The summed E-state index contributed by atoms with van der Waals surface area (Å²) in [5, 5.41) is 9.70. The summed E-state index contributed by atoms with van der Waals surface area (Å²) in [6.07, 6.45) is -0.0499. The molecule has 0 saturated heterocycles. The zero-order chi connectivity index (χ0) is 11.3. The Labute approximate surface area is 85.2 Å². The molecule has 0 aromatic heterocycles. The Balaban J connectivity index is 5.05. The van der Waals surface area contributed by atoms with Crippen LogP contribution in [0, 0.1) is 0 Å². The number of rotatable bonds is 4. The summed E-state index contributed by atoms with van der Waals surface area (Å²) in [5.74, 6) is -0.402. The number of carbonyl (C=O) groups excluding carboxylic acids is 1. The number of methoxy groups -OCH3 is 1. The van der Waals surface area contributed by atoms with Gasteiger partial charge in [-0.15, -0.1) is 0 Å². The van der Waals surface area contributed by atoms with Crippen molar-refractivity contribution in [3.63, 3.8) is 0 Å². The lowest BCUT2D eigenvalue weighted by atomic mass is 10.1. The van der Waals surface area contributed by atoms with Crippen molar-refractivity contribution in [2.24, 2.45) is 0 Å². The van der Waals surface area contributed by atoms with Gasteiger partial charge in [0.25, 0.3) is 0 Å². The fraction of sp³-hybridized carbons (Fsp3) is 0.700. The van der Waals surface area contributed by atoms with E-state index in [9.17, 15) is 9.90 Å². The number of nitrogens with zero attached hydrogens (tertiary/aromatic N) is 1. The van der Waals surface area contributed by atoms with E-state index >= 15 is 0 Å². The van der Waals surface area contributed by atoms with Crippen molar-refractivity contribution in [1.29, 1.82) is 0 Å². The predicted molar refractivity (Wildman–Crippen MR) is 54.7 cm³/mol. The third-order valence-corrected chi connectivity index (χ3v) is 2.06. The van der Waals surface area contributed by atoms with Crippen LogP contribution in [0.15, 0.2) is 11.3 Å². The molecular weight excluding hydrogens is 182 g/mol. The van der Waals surface area contributed by atoms with E-state index in [0.717, 1.165) is 0 Å². The van der Waals surface area contributed by atoms with E-state index < -0.39 is 12.1 Å².